The summed E-state index contributed by atoms with van der Waals surface area (Å²) in [6.07, 6.45) is 2.25. The average Bonchev–Trinajstić information content (AvgIpc) is 3.09. The van der Waals surface area contributed by atoms with Gasteiger partial charge in [0.05, 0.1) is 17.0 Å². The van der Waals surface area contributed by atoms with Crippen molar-refractivity contribution in [2.24, 2.45) is 0 Å². The number of carbonyl (C=O) groups excluding carboxylic acids is 1. The summed E-state index contributed by atoms with van der Waals surface area (Å²) in [5.41, 5.74) is 2.68. The standard InChI is InChI=1S/C27H35NO5S2/c1-8-14-34(30,31)25-22-17-20(27(5,6)7)12-13-28(22)23(26(25)35(32,33)15-9-2)24(29)21-11-10-18(3)16-19(21)4/h10-13,16-17H,8-9,14-15H2,1-7H3. The fourth-order valence-corrected chi connectivity index (χ4v) is 8.38. The maximum Gasteiger partial charge on any atom is 0.211 e. The number of hydrogen-bond donors (Lipinski definition) is 0. The molecule has 0 saturated carbocycles. The van der Waals surface area contributed by atoms with E-state index < -0.39 is 25.5 Å². The van der Waals surface area contributed by atoms with E-state index in [-0.39, 0.29) is 37.9 Å². The summed E-state index contributed by atoms with van der Waals surface area (Å²) in [4.78, 5) is 13.3. The Hall–Kier alpha value is -2.45. The molecule has 3 rings (SSSR count). The maximum atomic E-state index is 14.0. The Bertz CT molecular complexity index is 1510. The van der Waals surface area contributed by atoms with Gasteiger partial charge in [-0.25, -0.2) is 16.8 Å². The lowest BCUT2D eigenvalue weighted by Crippen LogP contribution is -2.17. The molecule has 0 bridgehead atoms. The first-order valence-corrected chi connectivity index (χ1v) is 15.2. The van der Waals surface area contributed by atoms with E-state index in [1.165, 1.54) is 4.40 Å². The minimum absolute atomic E-state index is 0.115. The van der Waals surface area contributed by atoms with Crippen molar-refractivity contribution < 1.29 is 21.6 Å². The molecule has 2 heterocycles. The van der Waals surface area contributed by atoms with E-state index in [0.29, 0.717) is 24.0 Å². The zero-order chi connectivity index (χ0) is 26.3. The minimum atomic E-state index is -4.08. The first-order valence-electron chi connectivity index (χ1n) is 11.9. The summed E-state index contributed by atoms with van der Waals surface area (Å²) >= 11 is 0. The predicted molar refractivity (Wildman–Crippen MR) is 140 cm³/mol. The number of pyridine rings is 1. The van der Waals surface area contributed by atoms with Crippen LogP contribution in [0.3, 0.4) is 0 Å². The molecule has 8 heteroatoms. The van der Waals surface area contributed by atoms with Gasteiger partial charge < -0.3 is 4.40 Å². The first kappa shape index (κ1) is 27.1. The molecule has 0 fully saturated rings. The Morgan fingerprint density at radius 2 is 1.43 bits per heavy atom. The Morgan fingerprint density at radius 1 is 0.857 bits per heavy atom. The van der Waals surface area contributed by atoms with Gasteiger partial charge in [-0.05, 0) is 55.4 Å². The molecular weight excluding hydrogens is 482 g/mol. The van der Waals surface area contributed by atoms with Crippen molar-refractivity contribution in [3.63, 3.8) is 0 Å². The van der Waals surface area contributed by atoms with E-state index >= 15 is 0 Å². The number of aryl methyl sites for hydroxylation is 2. The third kappa shape index (κ3) is 5.09. The molecule has 6 nitrogen and oxygen atoms in total. The number of hydrogen-bond acceptors (Lipinski definition) is 5. The summed E-state index contributed by atoms with van der Waals surface area (Å²) in [7, 11) is -8.07. The van der Waals surface area contributed by atoms with Gasteiger partial charge in [0.15, 0.2) is 19.7 Å². The smallest absolute Gasteiger partial charge is 0.211 e. The number of aromatic nitrogens is 1. The zero-order valence-electron chi connectivity index (χ0n) is 21.6. The van der Waals surface area contributed by atoms with Crippen molar-refractivity contribution in [1.29, 1.82) is 0 Å². The van der Waals surface area contributed by atoms with Crippen LogP contribution in [0.5, 0.6) is 0 Å². The minimum Gasteiger partial charge on any atom is -0.311 e. The van der Waals surface area contributed by atoms with Crippen molar-refractivity contribution in [2.75, 3.05) is 11.5 Å². The normalized spacial score (nSPS) is 12.9. The highest BCUT2D eigenvalue weighted by atomic mass is 32.2. The summed E-state index contributed by atoms with van der Waals surface area (Å²) < 4.78 is 55.9. The maximum absolute atomic E-state index is 14.0. The number of fused-ring (bicyclic) bond motifs is 1. The second kappa shape index (κ2) is 9.54. The molecule has 0 N–H and O–H groups in total. The third-order valence-electron chi connectivity index (χ3n) is 6.13. The van der Waals surface area contributed by atoms with Crippen molar-refractivity contribution in [3.05, 3.63) is 64.5 Å². The van der Waals surface area contributed by atoms with Crippen LogP contribution >= 0.6 is 0 Å². The summed E-state index contributed by atoms with van der Waals surface area (Å²) in [6.45, 7) is 13.2. The molecular formula is C27H35NO5S2. The van der Waals surface area contributed by atoms with Gasteiger partial charge in [-0.15, -0.1) is 0 Å². The SMILES string of the molecule is CCCS(=O)(=O)c1c(S(=O)(=O)CCC)c2cc(C(C)(C)C)ccn2c1C(=O)c1ccc(C)cc1C. The third-order valence-corrected chi connectivity index (χ3v) is 10.2. The molecule has 0 amide bonds. The van der Waals surface area contributed by atoms with Gasteiger partial charge in [0, 0.05) is 11.8 Å². The quantitative estimate of drug-likeness (QED) is 0.371. The number of sulfone groups is 2. The van der Waals surface area contributed by atoms with Crippen LogP contribution < -0.4 is 0 Å². The van der Waals surface area contributed by atoms with Crippen molar-refractivity contribution in [2.45, 2.75) is 76.5 Å². The zero-order valence-corrected chi connectivity index (χ0v) is 23.2. The topological polar surface area (TPSA) is 89.8 Å². The number of carbonyl (C=O) groups is 1. The molecule has 0 aliphatic rings. The Balaban J connectivity index is 2.58. The second-order valence-corrected chi connectivity index (χ2v) is 14.3. The highest BCUT2D eigenvalue weighted by Crippen LogP contribution is 2.37. The second-order valence-electron chi connectivity index (χ2n) is 10.2. The van der Waals surface area contributed by atoms with Crippen LogP contribution in [-0.4, -0.2) is 38.5 Å². The van der Waals surface area contributed by atoms with Crippen molar-refractivity contribution in [3.8, 4) is 0 Å². The monoisotopic (exact) mass is 517 g/mol. The van der Waals surface area contributed by atoms with Crippen LogP contribution in [0.15, 0.2) is 46.3 Å². The van der Waals surface area contributed by atoms with Gasteiger partial charge in [0.25, 0.3) is 0 Å². The average molecular weight is 518 g/mol. The van der Waals surface area contributed by atoms with Crippen LogP contribution in [0.25, 0.3) is 5.52 Å². The van der Waals surface area contributed by atoms with Crippen LogP contribution in [-0.2, 0) is 25.1 Å². The van der Waals surface area contributed by atoms with E-state index in [0.717, 1.165) is 11.1 Å². The Morgan fingerprint density at radius 3 is 1.94 bits per heavy atom. The molecule has 0 aliphatic heterocycles. The molecule has 1 aromatic carbocycles. The van der Waals surface area contributed by atoms with Gasteiger partial charge in [-0.2, -0.15) is 0 Å². The Labute approximate surface area is 209 Å². The van der Waals surface area contributed by atoms with Gasteiger partial charge >= 0.3 is 0 Å². The fourth-order valence-electron chi connectivity index (χ4n) is 4.41. The molecule has 0 unspecified atom stereocenters. The number of benzene rings is 1. The van der Waals surface area contributed by atoms with Gasteiger partial charge in [-0.3, -0.25) is 4.79 Å². The lowest BCUT2D eigenvalue weighted by Gasteiger charge is -2.19. The molecule has 0 spiro atoms. The van der Waals surface area contributed by atoms with Crippen LogP contribution in [0.4, 0.5) is 0 Å². The molecule has 0 atom stereocenters. The molecule has 0 saturated heterocycles. The van der Waals surface area contributed by atoms with Gasteiger partial charge in [-0.1, -0.05) is 58.4 Å². The lowest BCUT2D eigenvalue weighted by atomic mass is 9.87. The first-order chi connectivity index (χ1) is 16.2. The summed E-state index contributed by atoms with van der Waals surface area (Å²) in [5, 5.41) is 0. The Kier molecular flexibility index (Phi) is 7.40. The van der Waals surface area contributed by atoms with Gasteiger partial charge in [0.2, 0.25) is 5.78 Å². The van der Waals surface area contributed by atoms with E-state index in [1.54, 1.807) is 45.2 Å². The molecule has 0 aliphatic carbocycles. The highest BCUT2D eigenvalue weighted by Gasteiger charge is 2.37. The largest absolute Gasteiger partial charge is 0.311 e. The van der Waals surface area contributed by atoms with Crippen LogP contribution in [0, 0.1) is 13.8 Å². The number of ketones is 1. The number of rotatable bonds is 8. The van der Waals surface area contributed by atoms with E-state index in [4.69, 9.17) is 0 Å². The molecule has 3 aromatic rings. The lowest BCUT2D eigenvalue weighted by molar-refractivity contribution is 0.102. The van der Waals surface area contributed by atoms with E-state index in [1.807, 2.05) is 39.8 Å². The summed E-state index contributed by atoms with van der Waals surface area (Å²) in [5.74, 6) is -0.968. The van der Waals surface area contributed by atoms with E-state index in [2.05, 4.69) is 0 Å². The van der Waals surface area contributed by atoms with Crippen LogP contribution in [0.1, 0.15) is 80.2 Å². The van der Waals surface area contributed by atoms with Gasteiger partial charge in [0.1, 0.15) is 15.5 Å². The molecule has 0 radical (unpaired) electrons. The molecule has 35 heavy (non-hydrogen) atoms. The number of nitrogens with zero attached hydrogens (tertiary/aromatic N) is 1. The summed E-state index contributed by atoms with van der Waals surface area (Å²) in [6, 6.07) is 8.86. The highest BCUT2D eigenvalue weighted by molar-refractivity contribution is 7.94. The van der Waals surface area contributed by atoms with Crippen molar-refractivity contribution in [1.82, 2.24) is 4.40 Å². The van der Waals surface area contributed by atoms with E-state index in [9.17, 15) is 21.6 Å². The molecule has 2 aromatic heterocycles. The molecule has 190 valence electrons. The predicted octanol–water partition coefficient (Wildman–Crippen LogP) is 5.45. The van der Waals surface area contributed by atoms with Crippen LogP contribution in [0.2, 0.25) is 0 Å². The van der Waals surface area contributed by atoms with Crippen molar-refractivity contribution >= 4 is 31.0 Å². The fraction of sp³-hybridized carbons (Fsp3) is 0.444.